The summed E-state index contributed by atoms with van der Waals surface area (Å²) in [6.45, 7) is 0.350. The number of nitrogens with zero attached hydrogens (tertiary/aromatic N) is 1. The molecule has 1 unspecified atom stereocenters. The Labute approximate surface area is 169 Å². The first-order valence-electron chi connectivity index (χ1n) is 9.63. The van der Waals surface area contributed by atoms with Crippen LogP contribution in [0.3, 0.4) is 0 Å². The van der Waals surface area contributed by atoms with E-state index in [0.29, 0.717) is 24.8 Å². The van der Waals surface area contributed by atoms with Gasteiger partial charge >= 0.3 is 0 Å². The van der Waals surface area contributed by atoms with Crippen molar-refractivity contribution in [2.75, 3.05) is 6.54 Å². The van der Waals surface area contributed by atoms with Gasteiger partial charge in [-0.05, 0) is 41.8 Å². The summed E-state index contributed by atoms with van der Waals surface area (Å²) in [5.74, 6) is -1.48. The summed E-state index contributed by atoms with van der Waals surface area (Å²) < 4.78 is 53.6. The summed E-state index contributed by atoms with van der Waals surface area (Å²) in [5, 5.41) is 2.43. The van der Waals surface area contributed by atoms with Gasteiger partial charge in [-0.1, -0.05) is 28.5 Å². The molecule has 0 radical (unpaired) electrons. The maximum absolute atomic E-state index is 13.3. The molecule has 1 heterocycles. The van der Waals surface area contributed by atoms with E-state index in [1.165, 1.54) is 28.6 Å². The average molecular weight is 420 g/mol. The van der Waals surface area contributed by atoms with Crippen molar-refractivity contribution in [3.63, 3.8) is 0 Å². The minimum absolute atomic E-state index is 0.107. The van der Waals surface area contributed by atoms with E-state index in [2.05, 4.69) is 5.32 Å². The first-order chi connectivity index (χ1) is 13.8. The maximum Gasteiger partial charge on any atom is 0.224 e. The topological polar surface area (TPSA) is 72.5 Å². The fourth-order valence-electron chi connectivity index (χ4n) is 3.76. The monoisotopic (exact) mass is 420 g/mol. The molecule has 2 aromatic carbocycles. The Bertz CT molecular complexity index is 932. The molecular formula is C21H22F2N2O3S. The van der Waals surface area contributed by atoms with E-state index in [1.54, 1.807) is 24.3 Å². The van der Waals surface area contributed by atoms with Crippen LogP contribution < -0.4 is 5.32 Å². The fourth-order valence-corrected chi connectivity index (χ4v) is 5.82. The van der Waals surface area contributed by atoms with Gasteiger partial charge in [0.1, 0.15) is 27.3 Å². The van der Waals surface area contributed by atoms with E-state index < -0.39 is 28.2 Å². The summed E-state index contributed by atoms with van der Waals surface area (Å²) in [6, 6.07) is 11.1. The predicted molar refractivity (Wildman–Crippen MR) is 104 cm³/mol. The molecule has 1 amide bonds. The third-order valence-corrected chi connectivity index (χ3v) is 7.90. The fraction of sp³-hybridized carbons (Fsp3) is 0.381. The van der Waals surface area contributed by atoms with Crippen LogP contribution in [0.1, 0.15) is 36.4 Å². The number of amides is 1. The zero-order chi connectivity index (χ0) is 20.6. The van der Waals surface area contributed by atoms with Crippen LogP contribution in [0.15, 0.2) is 48.5 Å². The Kier molecular flexibility index (Phi) is 5.50. The van der Waals surface area contributed by atoms with Crippen LogP contribution in [0.4, 0.5) is 8.78 Å². The molecule has 1 aliphatic carbocycles. The molecule has 1 N–H and O–H groups in total. The van der Waals surface area contributed by atoms with E-state index in [9.17, 15) is 22.3 Å². The average Bonchev–Trinajstić information content (AvgIpc) is 3.47. The molecule has 1 saturated heterocycles. The molecule has 0 aromatic heterocycles. The van der Waals surface area contributed by atoms with Gasteiger partial charge < -0.3 is 9.87 Å². The van der Waals surface area contributed by atoms with Crippen LogP contribution in [0.25, 0.3) is 0 Å². The lowest BCUT2D eigenvalue weighted by Gasteiger charge is -2.29. The number of hydrogen-bond acceptors (Lipinski definition) is 3. The zero-order valence-corrected chi connectivity index (χ0v) is 16.5. The van der Waals surface area contributed by atoms with Crippen LogP contribution in [0.2, 0.25) is 0 Å². The second kappa shape index (κ2) is 7.93. The van der Waals surface area contributed by atoms with Crippen LogP contribution >= 0.6 is 0 Å². The Morgan fingerprint density at radius 2 is 1.66 bits per heavy atom. The number of benzene rings is 2. The molecule has 2 aliphatic rings. The lowest BCUT2D eigenvalue weighted by molar-refractivity contribution is -0.124. The highest BCUT2D eigenvalue weighted by Crippen LogP contribution is 2.45. The molecule has 0 spiro atoms. The predicted octanol–water partition coefficient (Wildman–Crippen LogP) is 3.35. The number of nitrogens with one attached hydrogen (secondary N) is 1. The summed E-state index contributed by atoms with van der Waals surface area (Å²) in [7, 11) is -3.49. The van der Waals surface area contributed by atoms with Gasteiger partial charge in [0.15, 0.2) is 0 Å². The van der Waals surface area contributed by atoms with Gasteiger partial charge in [0.05, 0.1) is 18.5 Å². The lowest BCUT2D eigenvalue weighted by atomic mass is 9.99. The highest BCUT2D eigenvalue weighted by molar-refractivity contribution is 7.96. The zero-order valence-electron chi connectivity index (χ0n) is 15.7. The number of rotatable bonds is 6. The number of halogens is 2. The van der Waals surface area contributed by atoms with Crippen molar-refractivity contribution in [2.45, 2.75) is 37.1 Å². The van der Waals surface area contributed by atoms with E-state index >= 15 is 0 Å². The van der Waals surface area contributed by atoms with Crippen LogP contribution in [0.5, 0.6) is 0 Å². The maximum atomic E-state index is 13.3. The third kappa shape index (κ3) is 4.39. The quantitative estimate of drug-likeness (QED) is 0.729. The molecule has 29 heavy (non-hydrogen) atoms. The van der Waals surface area contributed by atoms with Crippen molar-refractivity contribution in [3.05, 3.63) is 71.3 Å². The van der Waals surface area contributed by atoms with E-state index in [4.69, 9.17) is 0 Å². The summed E-state index contributed by atoms with van der Waals surface area (Å²) in [4.78, 5) is 12.7. The first-order valence-corrected chi connectivity index (χ1v) is 11.1. The Morgan fingerprint density at radius 3 is 2.24 bits per heavy atom. The van der Waals surface area contributed by atoms with Crippen molar-refractivity contribution in [1.82, 2.24) is 9.62 Å². The number of carbonyl (C=O) groups is 1. The Balaban J connectivity index is 1.49. The van der Waals surface area contributed by atoms with Crippen molar-refractivity contribution in [3.8, 4) is 0 Å². The van der Waals surface area contributed by atoms with Gasteiger partial charge in [-0.15, -0.1) is 4.31 Å². The van der Waals surface area contributed by atoms with E-state index in [0.717, 1.165) is 5.56 Å². The number of carbonyl (C=O) groups excluding carboxylic acids is 1. The van der Waals surface area contributed by atoms with Gasteiger partial charge in [0.25, 0.3) is 0 Å². The van der Waals surface area contributed by atoms with Crippen molar-refractivity contribution < 1.29 is 22.3 Å². The largest absolute Gasteiger partial charge is 0.597 e. The molecule has 3 atom stereocenters. The summed E-state index contributed by atoms with van der Waals surface area (Å²) >= 11 is 0. The number of hydrogen-bond donors (Lipinski definition) is 1. The van der Waals surface area contributed by atoms with Crippen molar-refractivity contribution in [1.29, 1.82) is 0 Å². The second-order valence-electron chi connectivity index (χ2n) is 7.66. The summed E-state index contributed by atoms with van der Waals surface area (Å²) in [6.07, 6.45) is 1.61. The minimum Gasteiger partial charge on any atom is -0.597 e. The molecule has 2 fully saturated rings. The van der Waals surface area contributed by atoms with E-state index in [-0.39, 0.29) is 30.1 Å². The third-order valence-electron chi connectivity index (χ3n) is 5.53. The standard InChI is InChI=1S/C21H22F2N2O3S/c22-17-5-1-14(2-6-17)12-24-21(26)16-11-20(15-3-7-18(23)8-4-15)25(13-16)29(27,28)19-9-10-19/h1-8,16,19-20H,9-13H2,(H-,24,26,27,28)/t16-,20-/m1/s1. The second-order valence-corrected chi connectivity index (χ2v) is 9.82. The van der Waals surface area contributed by atoms with Crippen LogP contribution in [-0.2, 0) is 25.9 Å². The summed E-state index contributed by atoms with van der Waals surface area (Å²) in [5.41, 5.74) is 1.44. The SMILES string of the molecule is O=C(NCc1ccc(F)cc1)[C@@H]1C[C@H](c2ccc(F)cc2)N([S+](=O)([O-])C2CC2)C1. The van der Waals surface area contributed by atoms with Crippen molar-refractivity contribution >= 4 is 16.3 Å². The highest BCUT2D eigenvalue weighted by Gasteiger charge is 2.52. The minimum atomic E-state index is -3.49. The Hall–Kier alpha value is -2.16. The van der Waals surface area contributed by atoms with Crippen LogP contribution in [-0.4, -0.2) is 26.6 Å². The van der Waals surface area contributed by atoms with Gasteiger partial charge in [0, 0.05) is 19.4 Å². The normalized spacial score (nSPS) is 24.2. The van der Waals surface area contributed by atoms with Gasteiger partial charge in [-0.3, -0.25) is 4.79 Å². The van der Waals surface area contributed by atoms with Crippen molar-refractivity contribution in [2.24, 2.45) is 5.92 Å². The molecular weight excluding hydrogens is 398 g/mol. The smallest absolute Gasteiger partial charge is 0.224 e. The molecule has 4 rings (SSSR count). The highest BCUT2D eigenvalue weighted by atomic mass is 32.3. The Morgan fingerprint density at radius 1 is 1.07 bits per heavy atom. The van der Waals surface area contributed by atoms with Gasteiger partial charge in [-0.2, -0.15) is 0 Å². The van der Waals surface area contributed by atoms with Gasteiger partial charge in [0.2, 0.25) is 5.91 Å². The molecule has 0 bridgehead atoms. The van der Waals surface area contributed by atoms with E-state index in [1.807, 2.05) is 0 Å². The molecule has 154 valence electrons. The molecule has 2 aromatic rings. The molecule has 8 heteroatoms. The lowest BCUT2D eigenvalue weighted by Crippen LogP contribution is -2.40. The molecule has 5 nitrogen and oxygen atoms in total. The van der Waals surface area contributed by atoms with Crippen LogP contribution in [0, 0.1) is 17.6 Å². The molecule has 1 aliphatic heterocycles. The van der Waals surface area contributed by atoms with Gasteiger partial charge in [-0.25, -0.2) is 8.78 Å². The molecule has 1 saturated carbocycles. The first kappa shape index (κ1) is 20.1. The number of sulfonamides is 1.